The number of allylic oxidation sites excluding steroid dienone is 1. The molecule has 1 N–H and O–H groups in total. The van der Waals surface area contributed by atoms with Crippen molar-refractivity contribution >= 4 is 34.9 Å². The zero-order valence-corrected chi connectivity index (χ0v) is 11.1. The molecule has 0 unspecified atom stereocenters. The van der Waals surface area contributed by atoms with Crippen LogP contribution in [-0.2, 0) is 9.53 Å². The second kappa shape index (κ2) is 6.52. The summed E-state index contributed by atoms with van der Waals surface area (Å²) in [6.07, 6.45) is 2.06. The monoisotopic (exact) mass is 273 g/mol. The number of anilines is 1. The molecule has 1 aromatic carbocycles. The van der Waals surface area contributed by atoms with Gasteiger partial charge in [0, 0.05) is 27.5 Å². The van der Waals surface area contributed by atoms with Crippen molar-refractivity contribution in [2.45, 2.75) is 13.3 Å². The van der Waals surface area contributed by atoms with Crippen molar-refractivity contribution in [3.05, 3.63) is 40.0 Å². The molecule has 0 bridgehead atoms. The number of nitrogens with one attached hydrogen (secondary N) is 1. The van der Waals surface area contributed by atoms with Gasteiger partial charge in [-0.2, -0.15) is 0 Å². The Labute approximate surface area is 110 Å². The first kappa shape index (κ1) is 13.9. The van der Waals surface area contributed by atoms with E-state index in [1.165, 1.54) is 13.2 Å². The zero-order chi connectivity index (χ0) is 12.8. The fourth-order valence-electron chi connectivity index (χ4n) is 1.24. The van der Waals surface area contributed by atoms with Gasteiger partial charge in [-0.1, -0.05) is 30.1 Å². The minimum absolute atomic E-state index is 0.400. The van der Waals surface area contributed by atoms with Crippen LogP contribution in [0, 0.1) is 0 Å². The van der Waals surface area contributed by atoms with Crippen molar-refractivity contribution in [3.8, 4) is 0 Å². The van der Waals surface area contributed by atoms with Crippen LogP contribution in [0.5, 0.6) is 0 Å². The summed E-state index contributed by atoms with van der Waals surface area (Å²) in [5.74, 6) is -0.400. The number of methoxy groups -OCH3 is 1. The first-order chi connectivity index (χ1) is 8.05. The van der Waals surface area contributed by atoms with Crippen LogP contribution in [0.4, 0.5) is 5.69 Å². The van der Waals surface area contributed by atoms with Crippen molar-refractivity contribution in [2.24, 2.45) is 0 Å². The first-order valence-corrected chi connectivity index (χ1v) is 5.82. The maximum atomic E-state index is 11.1. The van der Waals surface area contributed by atoms with E-state index in [9.17, 15) is 4.79 Å². The fourth-order valence-corrected chi connectivity index (χ4v) is 1.77. The highest BCUT2D eigenvalue weighted by molar-refractivity contribution is 6.35. The lowest BCUT2D eigenvalue weighted by Gasteiger charge is -2.09. The number of rotatable bonds is 4. The van der Waals surface area contributed by atoms with E-state index in [4.69, 9.17) is 23.2 Å². The molecule has 1 aromatic rings. The van der Waals surface area contributed by atoms with E-state index >= 15 is 0 Å². The molecular formula is C12H13Cl2NO2. The number of ether oxygens (including phenoxy) is 1. The zero-order valence-electron chi connectivity index (χ0n) is 9.59. The van der Waals surface area contributed by atoms with Crippen LogP contribution in [0.3, 0.4) is 0 Å². The normalized spacial score (nSPS) is 11.2. The summed E-state index contributed by atoms with van der Waals surface area (Å²) in [5.41, 5.74) is 1.47. The molecule has 1 rings (SSSR count). The fraction of sp³-hybridized carbons (Fsp3) is 0.250. The molecule has 0 radical (unpaired) electrons. The number of carbonyl (C=O) groups is 1. The molecule has 0 saturated carbocycles. The third-order valence-electron chi connectivity index (χ3n) is 2.04. The lowest BCUT2D eigenvalue weighted by molar-refractivity contribution is -0.134. The largest absolute Gasteiger partial charge is 0.466 e. The Kier molecular flexibility index (Phi) is 5.32. The SMILES string of the molecule is CCC(=CC(=O)OC)Nc1cc(Cl)cc(Cl)c1. The highest BCUT2D eigenvalue weighted by Gasteiger charge is 2.02. The Morgan fingerprint density at radius 3 is 2.41 bits per heavy atom. The van der Waals surface area contributed by atoms with Gasteiger partial charge in [0.25, 0.3) is 0 Å². The molecule has 0 aromatic heterocycles. The minimum atomic E-state index is -0.400. The van der Waals surface area contributed by atoms with E-state index in [-0.39, 0.29) is 0 Å². The average Bonchev–Trinajstić information content (AvgIpc) is 2.26. The van der Waals surface area contributed by atoms with Crippen LogP contribution >= 0.6 is 23.2 Å². The van der Waals surface area contributed by atoms with Crippen molar-refractivity contribution < 1.29 is 9.53 Å². The third kappa shape index (κ3) is 4.67. The highest BCUT2D eigenvalue weighted by Crippen LogP contribution is 2.23. The summed E-state index contributed by atoms with van der Waals surface area (Å²) < 4.78 is 4.56. The Balaban J connectivity index is 2.87. The molecule has 3 nitrogen and oxygen atoms in total. The van der Waals surface area contributed by atoms with E-state index in [1.54, 1.807) is 18.2 Å². The van der Waals surface area contributed by atoms with Gasteiger partial charge >= 0.3 is 5.97 Å². The van der Waals surface area contributed by atoms with Crippen molar-refractivity contribution in [3.63, 3.8) is 0 Å². The van der Waals surface area contributed by atoms with E-state index in [2.05, 4.69) is 10.1 Å². The van der Waals surface area contributed by atoms with E-state index in [1.807, 2.05) is 6.92 Å². The van der Waals surface area contributed by atoms with Gasteiger partial charge in [-0.05, 0) is 24.6 Å². The molecule has 0 amide bonds. The number of hydrogen-bond acceptors (Lipinski definition) is 3. The highest BCUT2D eigenvalue weighted by atomic mass is 35.5. The van der Waals surface area contributed by atoms with Crippen molar-refractivity contribution in [2.75, 3.05) is 12.4 Å². The summed E-state index contributed by atoms with van der Waals surface area (Å²) >= 11 is 11.7. The second-order valence-corrected chi connectivity index (χ2v) is 4.20. The van der Waals surface area contributed by atoms with E-state index < -0.39 is 5.97 Å². The Hall–Kier alpha value is -1.19. The topological polar surface area (TPSA) is 38.3 Å². The van der Waals surface area contributed by atoms with E-state index in [0.29, 0.717) is 16.5 Å². The van der Waals surface area contributed by atoms with Gasteiger partial charge in [-0.3, -0.25) is 0 Å². The van der Waals surface area contributed by atoms with Gasteiger partial charge in [0.2, 0.25) is 0 Å². The number of hydrogen-bond donors (Lipinski definition) is 1. The first-order valence-electron chi connectivity index (χ1n) is 5.06. The van der Waals surface area contributed by atoms with Crippen LogP contribution in [0.1, 0.15) is 13.3 Å². The molecule has 0 aliphatic heterocycles. The molecule has 0 saturated heterocycles. The number of benzene rings is 1. The predicted octanol–water partition coefficient (Wildman–Crippen LogP) is 3.87. The maximum Gasteiger partial charge on any atom is 0.332 e. The maximum absolute atomic E-state index is 11.1. The van der Waals surface area contributed by atoms with Gasteiger partial charge in [0.05, 0.1) is 7.11 Å². The smallest absolute Gasteiger partial charge is 0.332 e. The summed E-state index contributed by atoms with van der Waals surface area (Å²) in [6.45, 7) is 1.92. The Bertz CT molecular complexity index is 424. The van der Waals surface area contributed by atoms with Gasteiger partial charge in [-0.25, -0.2) is 4.79 Å². The molecule has 0 heterocycles. The van der Waals surface area contributed by atoms with Gasteiger partial charge in [-0.15, -0.1) is 0 Å². The predicted molar refractivity (Wildman–Crippen MR) is 70.5 cm³/mol. The Morgan fingerprint density at radius 1 is 1.35 bits per heavy atom. The standard InChI is InChI=1S/C12H13Cl2NO2/c1-3-10(7-12(16)17-2)15-11-5-8(13)4-9(14)6-11/h4-7,15H,3H2,1-2H3. The summed E-state index contributed by atoms with van der Waals surface area (Å²) in [6, 6.07) is 5.10. The number of carbonyl (C=O) groups excluding carboxylic acids is 1. The molecular weight excluding hydrogens is 261 g/mol. The molecule has 92 valence electrons. The van der Waals surface area contributed by atoms with Crippen LogP contribution < -0.4 is 5.32 Å². The molecule has 0 aliphatic carbocycles. The molecule has 0 aliphatic rings. The van der Waals surface area contributed by atoms with Crippen molar-refractivity contribution in [1.82, 2.24) is 0 Å². The van der Waals surface area contributed by atoms with Gasteiger partial charge in [0.15, 0.2) is 0 Å². The number of halogens is 2. The summed E-state index contributed by atoms with van der Waals surface area (Å²) in [7, 11) is 1.34. The quantitative estimate of drug-likeness (QED) is 0.669. The summed E-state index contributed by atoms with van der Waals surface area (Å²) in [4.78, 5) is 11.1. The Morgan fingerprint density at radius 2 is 1.94 bits per heavy atom. The minimum Gasteiger partial charge on any atom is -0.466 e. The third-order valence-corrected chi connectivity index (χ3v) is 2.48. The number of esters is 1. The molecule has 0 atom stereocenters. The average molecular weight is 274 g/mol. The lowest BCUT2D eigenvalue weighted by Crippen LogP contribution is -2.04. The van der Waals surface area contributed by atoms with Crippen molar-refractivity contribution in [1.29, 1.82) is 0 Å². The van der Waals surface area contributed by atoms with Crippen LogP contribution in [0.2, 0.25) is 10.0 Å². The molecule has 0 fully saturated rings. The van der Waals surface area contributed by atoms with Crippen LogP contribution in [-0.4, -0.2) is 13.1 Å². The molecule has 17 heavy (non-hydrogen) atoms. The second-order valence-electron chi connectivity index (χ2n) is 3.33. The van der Waals surface area contributed by atoms with Crippen LogP contribution in [0.15, 0.2) is 30.0 Å². The lowest BCUT2D eigenvalue weighted by atomic mass is 10.2. The van der Waals surface area contributed by atoms with Crippen LogP contribution in [0.25, 0.3) is 0 Å². The van der Waals surface area contributed by atoms with Gasteiger partial charge < -0.3 is 10.1 Å². The molecule has 5 heteroatoms. The van der Waals surface area contributed by atoms with E-state index in [0.717, 1.165) is 11.4 Å². The summed E-state index contributed by atoms with van der Waals surface area (Å²) in [5, 5.41) is 4.14. The molecule has 0 spiro atoms. The van der Waals surface area contributed by atoms with Gasteiger partial charge in [0.1, 0.15) is 0 Å².